The van der Waals surface area contributed by atoms with Crippen molar-refractivity contribution in [2.75, 3.05) is 18.4 Å². The van der Waals surface area contributed by atoms with Crippen molar-refractivity contribution in [1.29, 1.82) is 0 Å². The molecule has 0 bridgehead atoms. The van der Waals surface area contributed by atoms with Crippen LogP contribution in [0.4, 0.5) is 5.82 Å². The number of hydrogen-bond acceptors (Lipinski definition) is 4. The average Bonchev–Trinajstić information content (AvgIpc) is 2.59. The van der Waals surface area contributed by atoms with Crippen LogP contribution in [0.3, 0.4) is 0 Å². The second-order valence-corrected chi connectivity index (χ2v) is 5.19. The fourth-order valence-corrected chi connectivity index (χ4v) is 2.35. The fraction of sp³-hybridized carbons (Fsp3) is 0.167. The third kappa shape index (κ3) is 3.63. The number of nitrogens with one attached hydrogen (secondary N) is 2. The number of amides is 1. The Morgan fingerprint density at radius 2 is 1.70 bits per heavy atom. The Hall–Kier alpha value is -2.95. The van der Waals surface area contributed by atoms with E-state index in [1.165, 1.54) is 6.92 Å². The van der Waals surface area contributed by atoms with E-state index in [4.69, 9.17) is 0 Å². The molecule has 0 atom stereocenters. The van der Waals surface area contributed by atoms with Gasteiger partial charge >= 0.3 is 0 Å². The van der Waals surface area contributed by atoms with Crippen molar-refractivity contribution in [3.8, 4) is 11.4 Å². The number of rotatable bonds is 5. The Bertz CT molecular complexity index is 818. The number of hydrogen-bond donors (Lipinski definition) is 2. The van der Waals surface area contributed by atoms with E-state index in [2.05, 4.69) is 20.6 Å². The highest BCUT2D eigenvalue weighted by molar-refractivity contribution is 5.90. The molecule has 5 heteroatoms. The van der Waals surface area contributed by atoms with E-state index in [0.29, 0.717) is 18.9 Å². The molecule has 23 heavy (non-hydrogen) atoms. The molecule has 0 aliphatic carbocycles. The summed E-state index contributed by atoms with van der Waals surface area (Å²) >= 11 is 0. The number of benzene rings is 2. The monoisotopic (exact) mass is 306 g/mol. The van der Waals surface area contributed by atoms with Gasteiger partial charge in [-0.1, -0.05) is 42.5 Å². The highest BCUT2D eigenvalue weighted by Crippen LogP contribution is 2.24. The zero-order chi connectivity index (χ0) is 16.1. The summed E-state index contributed by atoms with van der Waals surface area (Å²) in [5.74, 6) is 1.43. The molecule has 0 radical (unpaired) electrons. The number of para-hydroxylation sites is 1. The lowest BCUT2D eigenvalue weighted by atomic mass is 10.2. The van der Waals surface area contributed by atoms with E-state index in [9.17, 15) is 4.79 Å². The molecule has 2 aromatic carbocycles. The van der Waals surface area contributed by atoms with Gasteiger partial charge < -0.3 is 10.6 Å². The lowest BCUT2D eigenvalue weighted by molar-refractivity contribution is -0.118. The lowest BCUT2D eigenvalue weighted by Crippen LogP contribution is -2.26. The van der Waals surface area contributed by atoms with Gasteiger partial charge in [0.05, 0.1) is 5.52 Å². The predicted octanol–water partition coefficient (Wildman–Crippen LogP) is 2.84. The minimum Gasteiger partial charge on any atom is -0.368 e. The van der Waals surface area contributed by atoms with Crippen LogP contribution < -0.4 is 10.6 Å². The van der Waals surface area contributed by atoms with E-state index in [1.54, 1.807) is 0 Å². The van der Waals surface area contributed by atoms with Gasteiger partial charge in [-0.15, -0.1) is 0 Å². The van der Waals surface area contributed by atoms with Crippen molar-refractivity contribution in [3.63, 3.8) is 0 Å². The molecule has 0 fully saturated rings. The normalized spacial score (nSPS) is 10.5. The third-order valence-electron chi connectivity index (χ3n) is 3.43. The lowest BCUT2D eigenvalue weighted by Gasteiger charge is -2.11. The first-order valence-electron chi connectivity index (χ1n) is 7.54. The van der Waals surface area contributed by atoms with Crippen LogP contribution in [-0.4, -0.2) is 29.0 Å². The van der Waals surface area contributed by atoms with Crippen LogP contribution in [0.2, 0.25) is 0 Å². The molecule has 2 N–H and O–H groups in total. The molecular weight excluding hydrogens is 288 g/mol. The van der Waals surface area contributed by atoms with Gasteiger partial charge in [-0.05, 0) is 12.1 Å². The van der Waals surface area contributed by atoms with E-state index < -0.39 is 0 Å². The van der Waals surface area contributed by atoms with Crippen molar-refractivity contribution >= 4 is 22.6 Å². The standard InChI is InChI=1S/C18H18N4O/c1-13(23)19-11-12-20-18-15-9-5-6-10-16(15)21-17(22-18)14-7-3-2-4-8-14/h2-10H,11-12H2,1H3,(H,19,23)(H,20,21,22). The first kappa shape index (κ1) is 15.0. The molecule has 3 aromatic rings. The third-order valence-corrected chi connectivity index (χ3v) is 3.43. The molecule has 0 aliphatic rings. The Kier molecular flexibility index (Phi) is 4.47. The van der Waals surface area contributed by atoms with Gasteiger partial charge in [0, 0.05) is 31.0 Å². The summed E-state index contributed by atoms with van der Waals surface area (Å²) in [6, 6.07) is 17.8. The maximum atomic E-state index is 10.9. The minimum absolute atomic E-state index is 0.0377. The van der Waals surface area contributed by atoms with Crippen LogP contribution in [0.5, 0.6) is 0 Å². The quantitative estimate of drug-likeness (QED) is 0.711. The molecule has 3 rings (SSSR count). The van der Waals surface area contributed by atoms with Gasteiger partial charge in [-0.2, -0.15) is 0 Å². The molecule has 0 saturated heterocycles. The second-order valence-electron chi connectivity index (χ2n) is 5.19. The molecule has 1 heterocycles. The summed E-state index contributed by atoms with van der Waals surface area (Å²) in [7, 11) is 0. The van der Waals surface area contributed by atoms with Crippen molar-refractivity contribution in [1.82, 2.24) is 15.3 Å². The number of nitrogens with zero attached hydrogens (tertiary/aromatic N) is 2. The zero-order valence-corrected chi connectivity index (χ0v) is 12.9. The number of carbonyl (C=O) groups is 1. The molecule has 0 unspecified atom stereocenters. The molecule has 116 valence electrons. The van der Waals surface area contributed by atoms with Crippen LogP contribution in [0.25, 0.3) is 22.3 Å². The van der Waals surface area contributed by atoms with E-state index in [1.807, 2.05) is 54.6 Å². The molecule has 1 aromatic heterocycles. The van der Waals surface area contributed by atoms with Gasteiger partial charge in [0.25, 0.3) is 0 Å². The second kappa shape index (κ2) is 6.87. The van der Waals surface area contributed by atoms with Crippen molar-refractivity contribution in [3.05, 3.63) is 54.6 Å². The largest absolute Gasteiger partial charge is 0.368 e. The van der Waals surface area contributed by atoms with Crippen molar-refractivity contribution in [2.45, 2.75) is 6.92 Å². The van der Waals surface area contributed by atoms with Gasteiger partial charge in [0.2, 0.25) is 5.91 Å². The minimum atomic E-state index is -0.0377. The van der Waals surface area contributed by atoms with Crippen LogP contribution >= 0.6 is 0 Å². The van der Waals surface area contributed by atoms with Crippen LogP contribution in [0.1, 0.15) is 6.92 Å². The molecule has 5 nitrogen and oxygen atoms in total. The number of aromatic nitrogens is 2. The molecular formula is C18H18N4O. The van der Waals surface area contributed by atoms with Crippen LogP contribution in [0, 0.1) is 0 Å². The summed E-state index contributed by atoms with van der Waals surface area (Å²) in [6.07, 6.45) is 0. The average molecular weight is 306 g/mol. The molecule has 0 aliphatic heterocycles. The summed E-state index contributed by atoms with van der Waals surface area (Å²) in [4.78, 5) is 20.2. The number of fused-ring (bicyclic) bond motifs is 1. The van der Waals surface area contributed by atoms with Crippen molar-refractivity contribution < 1.29 is 4.79 Å². The van der Waals surface area contributed by atoms with Crippen LogP contribution in [0.15, 0.2) is 54.6 Å². The first-order valence-corrected chi connectivity index (χ1v) is 7.54. The van der Waals surface area contributed by atoms with Crippen LogP contribution in [-0.2, 0) is 4.79 Å². The highest BCUT2D eigenvalue weighted by Gasteiger charge is 2.08. The SMILES string of the molecule is CC(=O)NCCNc1nc(-c2ccccc2)nc2ccccc12. The topological polar surface area (TPSA) is 66.9 Å². The number of carbonyl (C=O) groups excluding carboxylic acids is 1. The Morgan fingerprint density at radius 1 is 0.957 bits per heavy atom. The molecule has 1 amide bonds. The van der Waals surface area contributed by atoms with E-state index >= 15 is 0 Å². The summed E-state index contributed by atoms with van der Waals surface area (Å²) in [5.41, 5.74) is 1.87. The Balaban J connectivity index is 1.93. The van der Waals surface area contributed by atoms with E-state index in [0.717, 1.165) is 22.3 Å². The Morgan fingerprint density at radius 3 is 2.48 bits per heavy atom. The van der Waals surface area contributed by atoms with Gasteiger partial charge in [0.15, 0.2) is 5.82 Å². The molecule has 0 saturated carbocycles. The van der Waals surface area contributed by atoms with Gasteiger partial charge in [-0.3, -0.25) is 4.79 Å². The molecule has 0 spiro atoms. The fourth-order valence-electron chi connectivity index (χ4n) is 2.35. The van der Waals surface area contributed by atoms with E-state index in [-0.39, 0.29) is 5.91 Å². The maximum Gasteiger partial charge on any atom is 0.216 e. The highest BCUT2D eigenvalue weighted by atomic mass is 16.1. The first-order chi connectivity index (χ1) is 11.2. The summed E-state index contributed by atoms with van der Waals surface area (Å²) in [5, 5.41) is 7.02. The number of anilines is 1. The van der Waals surface area contributed by atoms with Gasteiger partial charge in [0.1, 0.15) is 5.82 Å². The smallest absolute Gasteiger partial charge is 0.216 e. The maximum absolute atomic E-state index is 10.9. The summed E-state index contributed by atoms with van der Waals surface area (Å²) < 4.78 is 0. The zero-order valence-electron chi connectivity index (χ0n) is 12.9. The van der Waals surface area contributed by atoms with Crippen molar-refractivity contribution in [2.24, 2.45) is 0 Å². The summed E-state index contributed by atoms with van der Waals surface area (Å²) in [6.45, 7) is 2.66. The van der Waals surface area contributed by atoms with Gasteiger partial charge in [-0.25, -0.2) is 9.97 Å². The Labute approximate surface area is 134 Å². The predicted molar refractivity (Wildman–Crippen MR) is 92.1 cm³/mol.